The van der Waals surface area contributed by atoms with Crippen molar-refractivity contribution in [1.29, 1.82) is 0 Å². The smallest absolute Gasteiger partial charge is 0.0746 e. The minimum atomic E-state index is 0.191. The minimum Gasteiger partial charge on any atom is -0.373 e. The Kier molecular flexibility index (Phi) is 1.27. The normalized spacial score (nSPS) is 36.7. The molecular formula is C8H12N2. The molecule has 1 saturated heterocycles. The van der Waals surface area contributed by atoms with Crippen molar-refractivity contribution in [3.05, 3.63) is 23.9 Å². The number of fused-ring (bicyclic) bond motifs is 1. The van der Waals surface area contributed by atoms with E-state index in [0.717, 1.165) is 12.8 Å². The third-order valence-corrected chi connectivity index (χ3v) is 2.16. The van der Waals surface area contributed by atoms with Gasteiger partial charge in [-0.3, -0.25) is 0 Å². The summed E-state index contributed by atoms with van der Waals surface area (Å²) in [6.45, 7) is 0. The number of rotatable bonds is 0. The molecule has 1 fully saturated rings. The van der Waals surface area contributed by atoms with Crippen molar-refractivity contribution in [3.8, 4) is 0 Å². The van der Waals surface area contributed by atoms with Crippen LogP contribution in [-0.4, -0.2) is 6.17 Å². The quantitative estimate of drug-likeness (QED) is 0.515. The third kappa shape index (κ3) is 0.847. The number of hydrogen-bond acceptors (Lipinski definition) is 2. The molecule has 0 bridgehead atoms. The van der Waals surface area contributed by atoms with Crippen LogP contribution in [0.1, 0.15) is 12.8 Å². The fourth-order valence-corrected chi connectivity index (χ4v) is 1.65. The molecule has 0 aromatic heterocycles. The van der Waals surface area contributed by atoms with Gasteiger partial charge in [0.2, 0.25) is 0 Å². The van der Waals surface area contributed by atoms with E-state index < -0.39 is 0 Å². The fourth-order valence-electron chi connectivity index (χ4n) is 1.65. The number of allylic oxidation sites excluding steroid dienone is 4. The van der Waals surface area contributed by atoms with Crippen LogP contribution in [0.4, 0.5) is 0 Å². The second kappa shape index (κ2) is 2.13. The van der Waals surface area contributed by atoms with Crippen LogP contribution < -0.4 is 11.1 Å². The Morgan fingerprint density at radius 2 is 2.50 bits per heavy atom. The van der Waals surface area contributed by atoms with E-state index in [0.29, 0.717) is 5.92 Å². The molecule has 1 aliphatic carbocycles. The summed E-state index contributed by atoms with van der Waals surface area (Å²) < 4.78 is 0. The van der Waals surface area contributed by atoms with Crippen molar-refractivity contribution >= 4 is 0 Å². The van der Waals surface area contributed by atoms with Crippen molar-refractivity contribution in [1.82, 2.24) is 5.32 Å². The first-order chi connectivity index (χ1) is 4.86. The molecule has 0 aromatic carbocycles. The standard InChI is InChI=1S/C8H12N2/c9-8-5-6-3-1-2-4-7(6)10-8/h1-2,4,6,8,10H,3,5,9H2. The van der Waals surface area contributed by atoms with Crippen LogP contribution in [0.25, 0.3) is 0 Å². The zero-order valence-corrected chi connectivity index (χ0v) is 5.88. The predicted octanol–water partition coefficient (Wildman–Crippen LogP) is 0.724. The number of hydrogen-bond donors (Lipinski definition) is 2. The zero-order valence-electron chi connectivity index (χ0n) is 5.88. The maximum Gasteiger partial charge on any atom is 0.0746 e. The van der Waals surface area contributed by atoms with E-state index >= 15 is 0 Å². The van der Waals surface area contributed by atoms with Crippen molar-refractivity contribution in [3.63, 3.8) is 0 Å². The van der Waals surface area contributed by atoms with Crippen LogP contribution >= 0.6 is 0 Å². The summed E-state index contributed by atoms with van der Waals surface area (Å²) in [6, 6.07) is 0. The van der Waals surface area contributed by atoms with Crippen LogP contribution in [0.15, 0.2) is 23.9 Å². The zero-order chi connectivity index (χ0) is 6.97. The monoisotopic (exact) mass is 136 g/mol. The topological polar surface area (TPSA) is 38.0 Å². The van der Waals surface area contributed by atoms with E-state index in [4.69, 9.17) is 5.73 Å². The van der Waals surface area contributed by atoms with Gasteiger partial charge >= 0.3 is 0 Å². The second-order valence-corrected chi connectivity index (χ2v) is 2.97. The fraction of sp³-hybridized carbons (Fsp3) is 0.500. The van der Waals surface area contributed by atoms with Crippen molar-refractivity contribution in [2.45, 2.75) is 19.0 Å². The Morgan fingerprint density at radius 3 is 3.30 bits per heavy atom. The second-order valence-electron chi connectivity index (χ2n) is 2.97. The average Bonchev–Trinajstić information content (AvgIpc) is 2.27. The predicted molar refractivity (Wildman–Crippen MR) is 41.1 cm³/mol. The highest BCUT2D eigenvalue weighted by Crippen LogP contribution is 2.27. The molecule has 2 nitrogen and oxygen atoms in total. The highest BCUT2D eigenvalue weighted by atomic mass is 15.1. The molecule has 2 atom stereocenters. The molecule has 2 aliphatic rings. The maximum absolute atomic E-state index is 5.71. The first-order valence-electron chi connectivity index (χ1n) is 3.75. The Hall–Kier alpha value is -0.760. The van der Waals surface area contributed by atoms with E-state index in [1.165, 1.54) is 5.70 Å². The lowest BCUT2D eigenvalue weighted by Gasteiger charge is -2.10. The van der Waals surface area contributed by atoms with Gasteiger partial charge in [-0.05, 0) is 18.9 Å². The molecule has 2 heteroatoms. The summed E-state index contributed by atoms with van der Waals surface area (Å²) in [7, 11) is 0. The van der Waals surface area contributed by atoms with E-state index in [9.17, 15) is 0 Å². The Labute approximate surface area is 60.8 Å². The highest BCUT2D eigenvalue weighted by Gasteiger charge is 2.25. The summed E-state index contributed by atoms with van der Waals surface area (Å²) in [5, 5.41) is 3.24. The lowest BCUT2D eigenvalue weighted by atomic mass is 9.97. The molecule has 0 amide bonds. The molecule has 2 rings (SSSR count). The van der Waals surface area contributed by atoms with Gasteiger partial charge in [0, 0.05) is 11.6 Å². The van der Waals surface area contributed by atoms with Crippen LogP contribution in [-0.2, 0) is 0 Å². The summed E-state index contributed by atoms with van der Waals surface area (Å²) >= 11 is 0. The summed E-state index contributed by atoms with van der Waals surface area (Å²) in [4.78, 5) is 0. The molecule has 0 spiro atoms. The highest BCUT2D eigenvalue weighted by molar-refractivity contribution is 5.23. The molecule has 2 unspecified atom stereocenters. The van der Waals surface area contributed by atoms with Crippen molar-refractivity contribution < 1.29 is 0 Å². The number of nitrogens with two attached hydrogens (primary N) is 1. The van der Waals surface area contributed by atoms with Gasteiger partial charge in [0.05, 0.1) is 6.17 Å². The van der Waals surface area contributed by atoms with Crippen LogP contribution in [0, 0.1) is 5.92 Å². The average molecular weight is 136 g/mol. The lowest BCUT2D eigenvalue weighted by molar-refractivity contribution is 0.578. The van der Waals surface area contributed by atoms with Gasteiger partial charge < -0.3 is 11.1 Å². The van der Waals surface area contributed by atoms with Gasteiger partial charge in [0.15, 0.2) is 0 Å². The van der Waals surface area contributed by atoms with Crippen LogP contribution in [0.3, 0.4) is 0 Å². The molecule has 3 N–H and O–H groups in total. The molecule has 10 heavy (non-hydrogen) atoms. The summed E-state index contributed by atoms with van der Waals surface area (Å²) in [5.74, 6) is 0.681. The lowest BCUT2D eigenvalue weighted by Crippen LogP contribution is -2.29. The molecule has 1 aliphatic heterocycles. The van der Waals surface area contributed by atoms with Gasteiger partial charge in [-0.2, -0.15) is 0 Å². The molecule has 54 valence electrons. The van der Waals surface area contributed by atoms with E-state index in [-0.39, 0.29) is 6.17 Å². The Balaban J connectivity index is 2.18. The van der Waals surface area contributed by atoms with Gasteiger partial charge in [-0.25, -0.2) is 0 Å². The van der Waals surface area contributed by atoms with Crippen molar-refractivity contribution in [2.75, 3.05) is 0 Å². The molecule has 0 saturated carbocycles. The summed E-state index contributed by atoms with van der Waals surface area (Å²) in [5.41, 5.74) is 7.04. The SMILES string of the molecule is NC1CC2CC=CC=C2N1. The van der Waals surface area contributed by atoms with E-state index in [2.05, 4.69) is 23.5 Å². The first kappa shape index (κ1) is 5.98. The number of nitrogens with one attached hydrogen (secondary N) is 1. The molecule has 0 radical (unpaired) electrons. The summed E-state index contributed by atoms with van der Waals surface area (Å²) in [6.07, 6.45) is 8.87. The van der Waals surface area contributed by atoms with Crippen molar-refractivity contribution in [2.24, 2.45) is 11.7 Å². The van der Waals surface area contributed by atoms with Gasteiger partial charge in [-0.15, -0.1) is 0 Å². The molecule has 0 aromatic rings. The Morgan fingerprint density at radius 1 is 1.60 bits per heavy atom. The largest absolute Gasteiger partial charge is 0.373 e. The minimum absolute atomic E-state index is 0.191. The van der Waals surface area contributed by atoms with Crippen LogP contribution in [0.5, 0.6) is 0 Å². The van der Waals surface area contributed by atoms with Gasteiger partial charge in [-0.1, -0.05) is 12.2 Å². The van der Waals surface area contributed by atoms with E-state index in [1.54, 1.807) is 0 Å². The van der Waals surface area contributed by atoms with Crippen LogP contribution in [0.2, 0.25) is 0 Å². The van der Waals surface area contributed by atoms with E-state index in [1.807, 2.05) is 0 Å². The Bertz CT molecular complexity index is 193. The molecule has 1 heterocycles. The third-order valence-electron chi connectivity index (χ3n) is 2.16. The first-order valence-corrected chi connectivity index (χ1v) is 3.75. The maximum atomic E-state index is 5.71. The van der Waals surface area contributed by atoms with Gasteiger partial charge in [0.25, 0.3) is 0 Å². The van der Waals surface area contributed by atoms with Gasteiger partial charge in [0.1, 0.15) is 0 Å². The molecular weight excluding hydrogens is 124 g/mol.